The number of esters is 1. The molecule has 2 rings (SSSR count). The second-order valence-electron chi connectivity index (χ2n) is 3.94. The molecule has 1 aromatic carbocycles. The van der Waals surface area contributed by atoms with Crippen LogP contribution in [0.25, 0.3) is 0 Å². The molecule has 0 aliphatic heterocycles. The van der Waals surface area contributed by atoms with Gasteiger partial charge in [0.15, 0.2) is 0 Å². The molecule has 21 heavy (non-hydrogen) atoms. The number of hydrogen-bond donors (Lipinski definition) is 1. The number of thioether (sulfide) groups is 1. The summed E-state index contributed by atoms with van der Waals surface area (Å²) < 4.78 is 31.7. The highest BCUT2D eigenvalue weighted by Gasteiger charge is 2.24. The highest BCUT2D eigenvalue weighted by Crippen LogP contribution is 2.26. The van der Waals surface area contributed by atoms with Crippen LogP contribution in [0.1, 0.15) is 9.67 Å². The molecule has 0 radical (unpaired) electrons. The Bertz CT molecular complexity index is 735. The van der Waals surface area contributed by atoms with E-state index in [0.29, 0.717) is 5.69 Å². The molecule has 5 nitrogen and oxygen atoms in total. The van der Waals surface area contributed by atoms with Gasteiger partial charge in [-0.3, -0.25) is 4.72 Å². The third-order valence-corrected chi connectivity index (χ3v) is 5.82. The molecule has 1 heterocycles. The number of nitrogens with one attached hydrogen (secondary N) is 1. The van der Waals surface area contributed by atoms with E-state index in [1.54, 1.807) is 23.9 Å². The van der Waals surface area contributed by atoms with Crippen LogP contribution < -0.4 is 4.72 Å². The van der Waals surface area contributed by atoms with Gasteiger partial charge in [-0.15, -0.1) is 23.1 Å². The Balaban J connectivity index is 2.30. The zero-order valence-corrected chi connectivity index (χ0v) is 13.8. The molecule has 0 amide bonds. The Morgan fingerprint density at radius 1 is 1.24 bits per heavy atom. The summed E-state index contributed by atoms with van der Waals surface area (Å²) in [6.45, 7) is 0. The van der Waals surface area contributed by atoms with E-state index in [2.05, 4.69) is 9.46 Å². The van der Waals surface area contributed by atoms with Crippen molar-refractivity contribution in [3.63, 3.8) is 0 Å². The van der Waals surface area contributed by atoms with Gasteiger partial charge < -0.3 is 4.74 Å². The van der Waals surface area contributed by atoms with Crippen LogP contribution in [-0.2, 0) is 14.8 Å². The molecular weight excluding hydrogens is 330 g/mol. The van der Waals surface area contributed by atoms with Crippen molar-refractivity contribution in [1.82, 2.24) is 0 Å². The standard InChI is InChI=1S/C13H13NO4S3/c1-18-13(15)12-11(7-8-20-12)21(16,17)14-9-3-5-10(19-2)6-4-9/h3-8,14H,1-2H3. The lowest BCUT2D eigenvalue weighted by Gasteiger charge is -2.08. The molecule has 0 spiro atoms. The Labute approximate surface area is 131 Å². The lowest BCUT2D eigenvalue weighted by Crippen LogP contribution is -2.15. The van der Waals surface area contributed by atoms with Crippen LogP contribution in [0.5, 0.6) is 0 Å². The molecule has 1 aromatic heterocycles. The summed E-state index contributed by atoms with van der Waals surface area (Å²) in [7, 11) is -2.61. The first-order valence-electron chi connectivity index (χ1n) is 5.80. The molecule has 0 saturated carbocycles. The van der Waals surface area contributed by atoms with Gasteiger partial charge in [0.2, 0.25) is 0 Å². The van der Waals surface area contributed by atoms with Crippen molar-refractivity contribution in [2.45, 2.75) is 9.79 Å². The van der Waals surface area contributed by atoms with E-state index >= 15 is 0 Å². The summed E-state index contributed by atoms with van der Waals surface area (Å²) in [5.74, 6) is -0.664. The molecule has 0 saturated heterocycles. The fraction of sp³-hybridized carbons (Fsp3) is 0.154. The van der Waals surface area contributed by atoms with Gasteiger partial charge in [-0.25, -0.2) is 13.2 Å². The Kier molecular flexibility index (Phi) is 4.92. The molecule has 0 unspecified atom stereocenters. The van der Waals surface area contributed by atoms with E-state index in [9.17, 15) is 13.2 Å². The molecule has 2 aromatic rings. The Morgan fingerprint density at radius 2 is 1.90 bits per heavy atom. The maximum absolute atomic E-state index is 12.3. The van der Waals surface area contributed by atoms with Crippen LogP contribution >= 0.6 is 23.1 Å². The fourth-order valence-corrected chi connectivity index (χ4v) is 4.42. The zero-order valence-electron chi connectivity index (χ0n) is 11.3. The average Bonchev–Trinajstić information content (AvgIpc) is 2.97. The lowest BCUT2D eigenvalue weighted by atomic mass is 10.3. The van der Waals surface area contributed by atoms with E-state index in [-0.39, 0.29) is 9.77 Å². The van der Waals surface area contributed by atoms with Crippen molar-refractivity contribution in [3.8, 4) is 0 Å². The molecule has 1 N–H and O–H groups in total. The number of anilines is 1. The van der Waals surface area contributed by atoms with Crippen molar-refractivity contribution in [2.24, 2.45) is 0 Å². The predicted molar refractivity (Wildman–Crippen MR) is 84.7 cm³/mol. The van der Waals surface area contributed by atoms with Crippen molar-refractivity contribution >= 4 is 44.8 Å². The third-order valence-electron chi connectivity index (χ3n) is 2.63. The van der Waals surface area contributed by atoms with Gasteiger partial charge in [0.25, 0.3) is 10.0 Å². The second kappa shape index (κ2) is 6.50. The van der Waals surface area contributed by atoms with Crippen molar-refractivity contribution in [1.29, 1.82) is 0 Å². The number of thiophene rings is 1. The first-order chi connectivity index (χ1) is 9.97. The predicted octanol–water partition coefficient (Wildman–Crippen LogP) is 3.06. The number of carbonyl (C=O) groups excluding carboxylic acids is 1. The van der Waals surface area contributed by atoms with Crippen LogP contribution in [0.2, 0.25) is 0 Å². The van der Waals surface area contributed by atoms with Gasteiger partial charge in [0.1, 0.15) is 9.77 Å². The van der Waals surface area contributed by atoms with Gasteiger partial charge in [-0.1, -0.05) is 0 Å². The molecule has 0 aliphatic carbocycles. The van der Waals surface area contributed by atoms with Crippen molar-refractivity contribution in [3.05, 3.63) is 40.6 Å². The maximum Gasteiger partial charge on any atom is 0.349 e. The Hall–Kier alpha value is -1.51. The minimum atomic E-state index is -3.82. The smallest absolute Gasteiger partial charge is 0.349 e. The summed E-state index contributed by atoms with van der Waals surface area (Å²) in [6, 6.07) is 8.37. The van der Waals surface area contributed by atoms with Gasteiger partial charge in [-0.2, -0.15) is 0 Å². The highest BCUT2D eigenvalue weighted by molar-refractivity contribution is 7.98. The van der Waals surface area contributed by atoms with E-state index in [1.807, 2.05) is 18.4 Å². The van der Waals surface area contributed by atoms with Crippen molar-refractivity contribution < 1.29 is 17.9 Å². The minimum absolute atomic E-state index is 0.0609. The van der Waals surface area contributed by atoms with Crippen LogP contribution in [0.15, 0.2) is 45.5 Å². The molecule has 8 heteroatoms. The number of benzene rings is 1. The van der Waals surface area contributed by atoms with Crippen LogP contribution in [0.4, 0.5) is 5.69 Å². The van der Waals surface area contributed by atoms with E-state index in [0.717, 1.165) is 16.2 Å². The summed E-state index contributed by atoms with van der Waals surface area (Å²) in [5.41, 5.74) is 0.440. The number of ether oxygens (including phenoxy) is 1. The van der Waals surface area contributed by atoms with Crippen LogP contribution in [-0.4, -0.2) is 27.8 Å². The second-order valence-corrected chi connectivity index (χ2v) is 7.39. The molecule has 0 fully saturated rings. The average molecular weight is 343 g/mol. The maximum atomic E-state index is 12.3. The number of rotatable bonds is 5. The zero-order chi connectivity index (χ0) is 15.5. The molecule has 0 aliphatic rings. The summed E-state index contributed by atoms with van der Waals surface area (Å²) >= 11 is 2.59. The summed E-state index contributed by atoms with van der Waals surface area (Å²) in [5, 5.41) is 1.54. The van der Waals surface area contributed by atoms with E-state index in [1.165, 1.54) is 18.6 Å². The largest absolute Gasteiger partial charge is 0.465 e. The normalized spacial score (nSPS) is 11.1. The van der Waals surface area contributed by atoms with E-state index in [4.69, 9.17) is 0 Å². The Morgan fingerprint density at radius 3 is 2.48 bits per heavy atom. The van der Waals surface area contributed by atoms with E-state index < -0.39 is 16.0 Å². The minimum Gasteiger partial charge on any atom is -0.465 e. The topological polar surface area (TPSA) is 72.5 Å². The third kappa shape index (κ3) is 3.58. The quantitative estimate of drug-likeness (QED) is 0.667. The van der Waals surface area contributed by atoms with Gasteiger partial charge >= 0.3 is 5.97 Å². The van der Waals surface area contributed by atoms with Gasteiger partial charge in [0, 0.05) is 10.6 Å². The van der Waals surface area contributed by atoms with Crippen LogP contribution in [0, 0.1) is 0 Å². The number of carbonyl (C=O) groups is 1. The number of methoxy groups -OCH3 is 1. The number of sulfonamides is 1. The van der Waals surface area contributed by atoms with Crippen LogP contribution in [0.3, 0.4) is 0 Å². The summed E-state index contributed by atoms with van der Waals surface area (Å²) in [6.07, 6.45) is 1.94. The van der Waals surface area contributed by atoms with Crippen molar-refractivity contribution in [2.75, 3.05) is 18.1 Å². The molecule has 0 bridgehead atoms. The monoisotopic (exact) mass is 343 g/mol. The SMILES string of the molecule is COC(=O)c1sccc1S(=O)(=O)Nc1ccc(SC)cc1. The summed E-state index contributed by atoms with van der Waals surface area (Å²) in [4.78, 5) is 12.6. The van der Waals surface area contributed by atoms with Gasteiger partial charge in [0.05, 0.1) is 7.11 Å². The number of hydrogen-bond acceptors (Lipinski definition) is 6. The molecule has 112 valence electrons. The fourth-order valence-electron chi connectivity index (χ4n) is 1.62. The first-order valence-corrected chi connectivity index (χ1v) is 9.39. The van der Waals surface area contributed by atoms with Gasteiger partial charge in [-0.05, 0) is 42.0 Å². The first kappa shape index (κ1) is 15.9. The highest BCUT2D eigenvalue weighted by atomic mass is 32.2. The molecular formula is C13H13NO4S3. The lowest BCUT2D eigenvalue weighted by molar-refractivity contribution is 0.0602. The molecule has 0 atom stereocenters.